The van der Waals surface area contributed by atoms with E-state index in [4.69, 9.17) is 5.26 Å². The van der Waals surface area contributed by atoms with Gasteiger partial charge in [0.25, 0.3) is 0 Å². The molecule has 1 fully saturated rings. The molecule has 0 N–H and O–H groups in total. The third-order valence-corrected chi connectivity index (χ3v) is 4.19. The Bertz CT molecular complexity index is 498. The molecule has 0 atom stereocenters. The van der Waals surface area contributed by atoms with Crippen molar-refractivity contribution in [3.8, 4) is 6.07 Å². The van der Waals surface area contributed by atoms with Crippen molar-refractivity contribution in [3.63, 3.8) is 0 Å². The number of nitrogens with zero attached hydrogens (tertiary/aromatic N) is 2. The monoisotopic (exact) mass is 270 g/mol. The molecule has 0 amide bonds. The van der Waals surface area contributed by atoms with Gasteiger partial charge in [0.05, 0.1) is 12.5 Å². The average Bonchev–Trinajstić information content (AvgIpc) is 2.49. The summed E-state index contributed by atoms with van der Waals surface area (Å²) < 4.78 is 0. The van der Waals surface area contributed by atoms with Gasteiger partial charge in [0.1, 0.15) is 6.29 Å². The molecular weight excluding hydrogens is 248 g/mol. The lowest BCUT2D eigenvalue weighted by Crippen LogP contribution is -2.37. The zero-order chi connectivity index (χ0) is 14.4. The highest BCUT2D eigenvalue weighted by atomic mass is 16.1. The summed E-state index contributed by atoms with van der Waals surface area (Å²) in [5.41, 5.74) is 2.91. The molecule has 20 heavy (non-hydrogen) atoms. The van der Waals surface area contributed by atoms with Gasteiger partial charge in [-0.25, -0.2) is 0 Å². The van der Waals surface area contributed by atoms with E-state index in [2.05, 4.69) is 17.0 Å². The Labute approximate surface area is 121 Å². The summed E-state index contributed by atoms with van der Waals surface area (Å²) in [6.07, 6.45) is 7.74. The second-order valence-electron chi connectivity index (χ2n) is 5.55. The molecule has 0 saturated heterocycles. The lowest BCUT2D eigenvalue weighted by atomic mass is 9.93. The second-order valence-corrected chi connectivity index (χ2v) is 5.55. The molecule has 0 spiro atoms. The summed E-state index contributed by atoms with van der Waals surface area (Å²) in [4.78, 5) is 13.3. The lowest BCUT2D eigenvalue weighted by molar-refractivity contribution is 0.112. The first-order chi connectivity index (χ1) is 9.76. The largest absolute Gasteiger partial charge is 0.368 e. The predicted molar refractivity (Wildman–Crippen MR) is 81.0 cm³/mol. The maximum atomic E-state index is 10.9. The maximum Gasteiger partial charge on any atom is 0.150 e. The SMILES string of the molecule is Cc1cc(N(CCC#N)C2CCCCC2)ccc1C=O. The molecule has 1 aliphatic carbocycles. The van der Waals surface area contributed by atoms with Crippen molar-refractivity contribution in [2.24, 2.45) is 0 Å². The van der Waals surface area contributed by atoms with Gasteiger partial charge in [0.15, 0.2) is 0 Å². The Morgan fingerprint density at radius 2 is 2.10 bits per heavy atom. The minimum absolute atomic E-state index is 0.540. The van der Waals surface area contributed by atoms with Gasteiger partial charge in [-0.15, -0.1) is 0 Å². The maximum absolute atomic E-state index is 10.9. The van der Waals surface area contributed by atoms with Crippen LogP contribution >= 0.6 is 0 Å². The molecule has 0 aliphatic heterocycles. The number of rotatable bonds is 5. The Morgan fingerprint density at radius 1 is 1.35 bits per heavy atom. The quantitative estimate of drug-likeness (QED) is 0.763. The zero-order valence-electron chi connectivity index (χ0n) is 12.1. The highest BCUT2D eigenvalue weighted by Gasteiger charge is 2.21. The van der Waals surface area contributed by atoms with Crippen molar-refractivity contribution in [1.82, 2.24) is 0 Å². The van der Waals surface area contributed by atoms with Crippen LogP contribution in [0.4, 0.5) is 5.69 Å². The molecule has 0 bridgehead atoms. The minimum atomic E-state index is 0.540. The Kier molecular flexibility index (Phi) is 5.17. The van der Waals surface area contributed by atoms with Gasteiger partial charge < -0.3 is 4.90 Å². The topological polar surface area (TPSA) is 44.1 Å². The molecule has 2 rings (SSSR count). The van der Waals surface area contributed by atoms with Gasteiger partial charge in [-0.3, -0.25) is 4.79 Å². The van der Waals surface area contributed by atoms with Crippen molar-refractivity contribution in [1.29, 1.82) is 5.26 Å². The summed E-state index contributed by atoms with van der Waals surface area (Å²) >= 11 is 0. The molecule has 3 nitrogen and oxygen atoms in total. The molecule has 0 radical (unpaired) electrons. The molecule has 0 heterocycles. The smallest absolute Gasteiger partial charge is 0.150 e. The normalized spacial score (nSPS) is 15.6. The van der Waals surface area contributed by atoms with Gasteiger partial charge in [0.2, 0.25) is 0 Å². The van der Waals surface area contributed by atoms with Gasteiger partial charge in [0, 0.05) is 23.8 Å². The highest BCUT2D eigenvalue weighted by Crippen LogP contribution is 2.28. The second kappa shape index (κ2) is 7.09. The van der Waals surface area contributed by atoms with E-state index in [0.717, 1.165) is 29.6 Å². The fraction of sp³-hybridized carbons (Fsp3) is 0.529. The number of carbonyl (C=O) groups is 1. The third kappa shape index (κ3) is 3.39. The van der Waals surface area contributed by atoms with Crippen LogP contribution in [0.15, 0.2) is 18.2 Å². The lowest BCUT2D eigenvalue weighted by Gasteiger charge is -2.36. The van der Waals surface area contributed by atoms with Gasteiger partial charge in [-0.05, 0) is 43.5 Å². The van der Waals surface area contributed by atoms with E-state index in [1.54, 1.807) is 0 Å². The number of carbonyl (C=O) groups excluding carboxylic acids is 1. The van der Waals surface area contributed by atoms with E-state index in [-0.39, 0.29) is 0 Å². The Balaban J connectivity index is 2.23. The van der Waals surface area contributed by atoms with E-state index in [9.17, 15) is 4.79 Å². The predicted octanol–water partition coefficient (Wildman–Crippen LogP) is 3.86. The van der Waals surface area contributed by atoms with Crippen molar-refractivity contribution in [3.05, 3.63) is 29.3 Å². The fourth-order valence-corrected chi connectivity index (χ4v) is 3.06. The summed E-state index contributed by atoms with van der Waals surface area (Å²) in [6, 6.07) is 8.77. The number of benzene rings is 1. The zero-order valence-corrected chi connectivity index (χ0v) is 12.1. The number of hydrogen-bond donors (Lipinski definition) is 0. The summed E-state index contributed by atoms with van der Waals surface area (Å²) in [7, 11) is 0. The molecule has 0 aromatic heterocycles. The van der Waals surface area contributed by atoms with Crippen LogP contribution < -0.4 is 4.90 Å². The molecular formula is C17H22N2O. The molecule has 1 aliphatic rings. The van der Waals surface area contributed by atoms with Gasteiger partial charge in [-0.1, -0.05) is 19.3 Å². The first-order valence-electron chi connectivity index (χ1n) is 7.45. The number of anilines is 1. The summed E-state index contributed by atoms with van der Waals surface area (Å²) in [5, 5.41) is 8.87. The average molecular weight is 270 g/mol. The van der Waals surface area contributed by atoms with Crippen molar-refractivity contribution in [2.45, 2.75) is 51.5 Å². The van der Waals surface area contributed by atoms with Crippen LogP contribution in [0.3, 0.4) is 0 Å². The number of nitriles is 1. The van der Waals surface area contributed by atoms with Crippen LogP contribution in [-0.4, -0.2) is 18.9 Å². The van der Waals surface area contributed by atoms with Crippen LogP contribution in [-0.2, 0) is 0 Å². The Hall–Kier alpha value is -1.82. The van der Waals surface area contributed by atoms with Crippen LogP contribution in [0.25, 0.3) is 0 Å². The van der Waals surface area contributed by atoms with Crippen molar-refractivity contribution >= 4 is 12.0 Å². The molecule has 0 unspecified atom stereocenters. The van der Waals surface area contributed by atoms with E-state index in [1.807, 2.05) is 19.1 Å². The summed E-state index contributed by atoms with van der Waals surface area (Å²) in [5.74, 6) is 0. The molecule has 1 aromatic carbocycles. The summed E-state index contributed by atoms with van der Waals surface area (Å²) in [6.45, 7) is 2.75. The molecule has 1 aromatic rings. The van der Waals surface area contributed by atoms with Crippen LogP contribution in [0, 0.1) is 18.3 Å². The first-order valence-corrected chi connectivity index (χ1v) is 7.45. The van der Waals surface area contributed by atoms with E-state index in [0.29, 0.717) is 12.5 Å². The van der Waals surface area contributed by atoms with E-state index >= 15 is 0 Å². The van der Waals surface area contributed by atoms with E-state index < -0.39 is 0 Å². The number of aryl methyl sites for hydroxylation is 1. The highest BCUT2D eigenvalue weighted by molar-refractivity contribution is 5.78. The van der Waals surface area contributed by atoms with Crippen molar-refractivity contribution in [2.75, 3.05) is 11.4 Å². The van der Waals surface area contributed by atoms with Gasteiger partial charge in [-0.2, -0.15) is 5.26 Å². The molecule has 1 saturated carbocycles. The van der Waals surface area contributed by atoms with Crippen LogP contribution in [0.1, 0.15) is 54.4 Å². The fourth-order valence-electron chi connectivity index (χ4n) is 3.06. The first kappa shape index (κ1) is 14.6. The van der Waals surface area contributed by atoms with Gasteiger partial charge >= 0.3 is 0 Å². The Morgan fingerprint density at radius 3 is 2.70 bits per heavy atom. The van der Waals surface area contributed by atoms with Crippen LogP contribution in [0.5, 0.6) is 0 Å². The minimum Gasteiger partial charge on any atom is -0.368 e. The van der Waals surface area contributed by atoms with Crippen LogP contribution in [0.2, 0.25) is 0 Å². The standard InChI is InChI=1S/C17H22N2O/c1-14-12-17(9-8-15(14)13-20)19(11-5-10-18)16-6-3-2-4-7-16/h8-9,12-13,16H,2-7,11H2,1H3. The van der Waals surface area contributed by atoms with E-state index in [1.165, 1.54) is 32.1 Å². The number of aldehydes is 1. The molecule has 3 heteroatoms. The molecule has 106 valence electrons. The number of hydrogen-bond acceptors (Lipinski definition) is 3. The third-order valence-electron chi connectivity index (χ3n) is 4.19. The van der Waals surface area contributed by atoms with Crippen molar-refractivity contribution < 1.29 is 4.79 Å².